The van der Waals surface area contributed by atoms with Crippen LogP contribution in [0.5, 0.6) is 0 Å². The second kappa shape index (κ2) is 5.99. The molecule has 1 atom stereocenters. The van der Waals surface area contributed by atoms with Crippen molar-refractivity contribution in [1.29, 1.82) is 0 Å². The van der Waals surface area contributed by atoms with Crippen LogP contribution in [0, 0.1) is 0 Å². The van der Waals surface area contributed by atoms with Gasteiger partial charge >= 0.3 is 0 Å². The molecule has 2 heteroatoms. The Hall–Kier alpha value is -1.12. The topological polar surface area (TPSA) is 12.0 Å². The van der Waals surface area contributed by atoms with E-state index in [1.54, 1.807) is 0 Å². The fourth-order valence-corrected chi connectivity index (χ4v) is 3.18. The number of hydrogen-bond donors (Lipinski definition) is 1. The standard InChI is InChI=1S/C15H19NS/c1-3-5-9-14(16-4-2)13-11-17-15-10-7-6-8-12(13)15/h3,6-8,10-11,14,16H,1,4-5,9H2,2H3. The summed E-state index contributed by atoms with van der Waals surface area (Å²) in [6, 6.07) is 9.09. The van der Waals surface area contributed by atoms with Gasteiger partial charge in [0.1, 0.15) is 0 Å². The van der Waals surface area contributed by atoms with Gasteiger partial charge in [-0.05, 0) is 41.8 Å². The lowest BCUT2D eigenvalue weighted by atomic mass is 10.0. The van der Waals surface area contributed by atoms with E-state index in [0.29, 0.717) is 6.04 Å². The summed E-state index contributed by atoms with van der Waals surface area (Å²) >= 11 is 1.84. The summed E-state index contributed by atoms with van der Waals surface area (Å²) in [4.78, 5) is 0. The minimum atomic E-state index is 0.453. The minimum Gasteiger partial charge on any atom is -0.310 e. The molecule has 1 nitrogen and oxygen atoms in total. The highest BCUT2D eigenvalue weighted by Crippen LogP contribution is 2.32. The predicted molar refractivity (Wildman–Crippen MR) is 77.7 cm³/mol. The van der Waals surface area contributed by atoms with E-state index < -0.39 is 0 Å². The Morgan fingerprint density at radius 1 is 1.41 bits per heavy atom. The van der Waals surface area contributed by atoms with Crippen molar-refractivity contribution in [3.05, 3.63) is 47.9 Å². The van der Waals surface area contributed by atoms with Gasteiger partial charge in [0.05, 0.1) is 0 Å². The van der Waals surface area contributed by atoms with Crippen LogP contribution in [-0.2, 0) is 0 Å². The molecule has 0 amide bonds. The average Bonchev–Trinajstić information content (AvgIpc) is 2.78. The van der Waals surface area contributed by atoms with E-state index in [0.717, 1.165) is 19.4 Å². The second-order valence-corrected chi connectivity index (χ2v) is 5.07. The van der Waals surface area contributed by atoms with Crippen LogP contribution in [0.3, 0.4) is 0 Å². The Morgan fingerprint density at radius 2 is 2.24 bits per heavy atom. The monoisotopic (exact) mass is 245 g/mol. The van der Waals surface area contributed by atoms with E-state index in [1.807, 2.05) is 17.4 Å². The number of nitrogens with one attached hydrogen (secondary N) is 1. The summed E-state index contributed by atoms with van der Waals surface area (Å²) in [7, 11) is 0. The minimum absolute atomic E-state index is 0.453. The quantitative estimate of drug-likeness (QED) is 0.738. The van der Waals surface area contributed by atoms with E-state index in [1.165, 1.54) is 15.6 Å². The third kappa shape index (κ3) is 2.76. The highest BCUT2D eigenvalue weighted by atomic mass is 32.1. The van der Waals surface area contributed by atoms with Gasteiger partial charge in [-0.25, -0.2) is 0 Å². The molecule has 17 heavy (non-hydrogen) atoms. The predicted octanol–water partition coefficient (Wildman–Crippen LogP) is 4.52. The van der Waals surface area contributed by atoms with Gasteiger partial charge < -0.3 is 5.32 Å². The Bertz CT molecular complexity index is 486. The SMILES string of the molecule is C=CCCC(NCC)c1csc2ccccc12. The van der Waals surface area contributed by atoms with Gasteiger partial charge in [0, 0.05) is 10.7 Å². The molecule has 1 heterocycles. The van der Waals surface area contributed by atoms with Gasteiger partial charge in [-0.3, -0.25) is 0 Å². The lowest BCUT2D eigenvalue weighted by Gasteiger charge is -2.16. The third-order valence-corrected chi connectivity index (χ3v) is 3.98. The maximum absolute atomic E-state index is 3.81. The molecule has 0 spiro atoms. The molecule has 0 aliphatic heterocycles. The molecule has 0 fully saturated rings. The molecule has 0 bridgehead atoms. The van der Waals surface area contributed by atoms with Crippen LogP contribution in [0.4, 0.5) is 0 Å². The molecule has 0 aliphatic carbocycles. The Labute approximate surface area is 107 Å². The molecule has 0 saturated carbocycles. The zero-order valence-corrected chi connectivity index (χ0v) is 11.1. The van der Waals surface area contributed by atoms with Crippen molar-refractivity contribution in [3.63, 3.8) is 0 Å². The van der Waals surface area contributed by atoms with Crippen molar-refractivity contribution < 1.29 is 0 Å². The van der Waals surface area contributed by atoms with Gasteiger partial charge in [0.2, 0.25) is 0 Å². The fourth-order valence-electron chi connectivity index (χ4n) is 2.17. The van der Waals surface area contributed by atoms with E-state index >= 15 is 0 Å². The van der Waals surface area contributed by atoms with Crippen LogP contribution in [0.25, 0.3) is 10.1 Å². The van der Waals surface area contributed by atoms with E-state index in [2.05, 4.69) is 48.5 Å². The van der Waals surface area contributed by atoms with Crippen LogP contribution < -0.4 is 5.32 Å². The summed E-state index contributed by atoms with van der Waals surface area (Å²) < 4.78 is 1.38. The smallest absolute Gasteiger partial charge is 0.0346 e. The third-order valence-electron chi connectivity index (χ3n) is 3.00. The number of hydrogen-bond acceptors (Lipinski definition) is 2. The Kier molecular flexibility index (Phi) is 4.35. The number of rotatable bonds is 6. The molecular weight excluding hydrogens is 226 g/mol. The Balaban J connectivity index is 2.30. The van der Waals surface area contributed by atoms with Crippen molar-refractivity contribution in [1.82, 2.24) is 5.32 Å². The first-order chi connectivity index (χ1) is 8.36. The van der Waals surface area contributed by atoms with Crippen molar-refractivity contribution >= 4 is 21.4 Å². The summed E-state index contributed by atoms with van der Waals surface area (Å²) in [6.45, 7) is 6.98. The molecule has 1 aromatic heterocycles. The summed E-state index contributed by atoms with van der Waals surface area (Å²) in [5, 5.41) is 7.26. The van der Waals surface area contributed by atoms with Gasteiger partial charge in [-0.2, -0.15) is 0 Å². The molecule has 2 aromatic rings. The molecule has 0 radical (unpaired) electrons. The maximum Gasteiger partial charge on any atom is 0.0346 e. The zero-order chi connectivity index (χ0) is 12.1. The van der Waals surface area contributed by atoms with Crippen LogP contribution in [0.1, 0.15) is 31.4 Å². The first-order valence-corrected chi connectivity index (χ1v) is 7.05. The Morgan fingerprint density at radius 3 is 3.00 bits per heavy atom. The average molecular weight is 245 g/mol. The first-order valence-electron chi connectivity index (χ1n) is 6.17. The molecule has 1 unspecified atom stereocenters. The van der Waals surface area contributed by atoms with E-state index in [9.17, 15) is 0 Å². The van der Waals surface area contributed by atoms with E-state index in [4.69, 9.17) is 0 Å². The zero-order valence-electron chi connectivity index (χ0n) is 10.3. The van der Waals surface area contributed by atoms with Gasteiger partial charge in [0.25, 0.3) is 0 Å². The van der Waals surface area contributed by atoms with Crippen molar-refractivity contribution in [3.8, 4) is 0 Å². The number of thiophene rings is 1. The van der Waals surface area contributed by atoms with Crippen LogP contribution in [0.2, 0.25) is 0 Å². The maximum atomic E-state index is 3.81. The highest BCUT2D eigenvalue weighted by Gasteiger charge is 2.13. The molecule has 0 aliphatic rings. The second-order valence-electron chi connectivity index (χ2n) is 4.16. The van der Waals surface area contributed by atoms with Gasteiger partial charge in [0.15, 0.2) is 0 Å². The summed E-state index contributed by atoms with van der Waals surface area (Å²) in [5.74, 6) is 0. The molecule has 1 aromatic carbocycles. The fraction of sp³-hybridized carbons (Fsp3) is 0.333. The molecular formula is C15H19NS. The van der Waals surface area contributed by atoms with Crippen LogP contribution in [-0.4, -0.2) is 6.54 Å². The number of allylic oxidation sites excluding steroid dienone is 1. The van der Waals surface area contributed by atoms with Crippen LogP contribution >= 0.6 is 11.3 Å². The van der Waals surface area contributed by atoms with Crippen LogP contribution in [0.15, 0.2) is 42.3 Å². The lowest BCUT2D eigenvalue weighted by molar-refractivity contribution is 0.524. The summed E-state index contributed by atoms with van der Waals surface area (Å²) in [5.41, 5.74) is 1.44. The highest BCUT2D eigenvalue weighted by molar-refractivity contribution is 7.17. The van der Waals surface area contributed by atoms with Crippen molar-refractivity contribution in [2.75, 3.05) is 6.54 Å². The number of fused-ring (bicyclic) bond motifs is 1. The van der Waals surface area contributed by atoms with E-state index in [-0.39, 0.29) is 0 Å². The van der Waals surface area contributed by atoms with Gasteiger partial charge in [-0.1, -0.05) is 31.2 Å². The summed E-state index contributed by atoms with van der Waals surface area (Å²) in [6.07, 6.45) is 4.18. The largest absolute Gasteiger partial charge is 0.310 e. The first kappa shape index (κ1) is 12.3. The lowest BCUT2D eigenvalue weighted by Crippen LogP contribution is -2.20. The number of benzene rings is 1. The molecule has 2 rings (SSSR count). The molecule has 0 saturated heterocycles. The molecule has 1 N–H and O–H groups in total. The van der Waals surface area contributed by atoms with Gasteiger partial charge in [-0.15, -0.1) is 17.9 Å². The van der Waals surface area contributed by atoms with Crippen molar-refractivity contribution in [2.45, 2.75) is 25.8 Å². The molecule has 90 valence electrons. The van der Waals surface area contributed by atoms with Crippen molar-refractivity contribution in [2.24, 2.45) is 0 Å². The normalized spacial score (nSPS) is 12.8.